The van der Waals surface area contributed by atoms with Crippen LogP contribution in [0.5, 0.6) is 0 Å². The van der Waals surface area contributed by atoms with E-state index in [1.807, 2.05) is 0 Å². The van der Waals surface area contributed by atoms with E-state index >= 15 is 0 Å². The Balaban J connectivity index is 1.54. The van der Waals surface area contributed by atoms with Crippen LogP contribution in [0.2, 0.25) is 5.02 Å². The lowest BCUT2D eigenvalue weighted by Gasteiger charge is -2.28. The fourth-order valence-corrected chi connectivity index (χ4v) is 3.89. The first kappa shape index (κ1) is 20.8. The van der Waals surface area contributed by atoms with E-state index in [4.69, 9.17) is 11.6 Å². The third-order valence-electron chi connectivity index (χ3n) is 4.96. The summed E-state index contributed by atoms with van der Waals surface area (Å²) in [5.41, 5.74) is 0.612. The minimum Gasteiger partial charge on any atom is -0.351 e. The number of nitrogens with zero attached hydrogens (tertiary/aromatic N) is 2. The lowest BCUT2D eigenvalue weighted by Crippen LogP contribution is -2.32. The molecule has 3 N–H and O–H groups in total. The number of amides is 2. The molecule has 0 radical (unpaired) electrons. The Hall–Kier alpha value is -1.90. The second-order valence-electron chi connectivity index (χ2n) is 6.99. The van der Waals surface area contributed by atoms with Crippen molar-refractivity contribution in [3.8, 4) is 0 Å². The molecule has 0 bridgehead atoms. The number of piperidine rings is 1. The number of hydrogen-bond donors (Lipinski definition) is 3. The van der Waals surface area contributed by atoms with Crippen LogP contribution in [0, 0.1) is 5.92 Å². The Morgan fingerprint density at radius 1 is 1.29 bits per heavy atom. The van der Waals surface area contributed by atoms with Gasteiger partial charge in [-0.2, -0.15) is 5.10 Å². The Morgan fingerprint density at radius 2 is 2.00 bits per heavy atom. The van der Waals surface area contributed by atoms with Gasteiger partial charge in [-0.05, 0) is 73.4 Å². The molecule has 2 heterocycles. The van der Waals surface area contributed by atoms with Gasteiger partial charge in [-0.25, -0.2) is 0 Å². The molecule has 0 unspecified atom stereocenters. The van der Waals surface area contributed by atoms with Gasteiger partial charge >= 0.3 is 0 Å². The predicted molar refractivity (Wildman–Crippen MR) is 113 cm³/mol. The van der Waals surface area contributed by atoms with Gasteiger partial charge in [0.1, 0.15) is 5.69 Å². The molecule has 0 saturated carbocycles. The maximum absolute atomic E-state index is 12.4. The van der Waals surface area contributed by atoms with Gasteiger partial charge in [-0.1, -0.05) is 23.7 Å². The molecule has 28 heavy (non-hydrogen) atoms. The SMILES string of the molecule is CN1CCC(CCNC(=O)c2[nH]nc(NC(=O)c3ccccc3Cl)c2Br)CC1. The molecule has 2 aromatic rings. The van der Waals surface area contributed by atoms with Gasteiger partial charge in [0, 0.05) is 6.54 Å². The van der Waals surface area contributed by atoms with Crippen LogP contribution in [0.25, 0.3) is 0 Å². The number of hydrogen-bond acceptors (Lipinski definition) is 4. The van der Waals surface area contributed by atoms with E-state index < -0.39 is 5.91 Å². The number of rotatable bonds is 6. The van der Waals surface area contributed by atoms with Crippen LogP contribution in [0.1, 0.15) is 40.1 Å². The summed E-state index contributed by atoms with van der Waals surface area (Å²) in [5, 5.41) is 12.6. The van der Waals surface area contributed by atoms with Crippen LogP contribution in [-0.2, 0) is 0 Å². The fraction of sp³-hybridized carbons (Fsp3) is 0.421. The van der Waals surface area contributed by atoms with Crippen molar-refractivity contribution in [3.63, 3.8) is 0 Å². The van der Waals surface area contributed by atoms with Crippen LogP contribution in [0.3, 0.4) is 0 Å². The lowest BCUT2D eigenvalue weighted by molar-refractivity contribution is 0.0942. The molecule has 1 aromatic heterocycles. The number of nitrogens with one attached hydrogen (secondary N) is 3. The number of anilines is 1. The molecule has 1 aliphatic heterocycles. The molecule has 1 fully saturated rings. The van der Waals surface area contributed by atoms with Gasteiger partial charge in [-0.15, -0.1) is 0 Å². The first-order valence-corrected chi connectivity index (χ1v) is 10.4. The number of carbonyl (C=O) groups excluding carboxylic acids is 2. The van der Waals surface area contributed by atoms with E-state index in [0.29, 0.717) is 27.5 Å². The Kier molecular flexibility index (Phi) is 7.09. The highest BCUT2D eigenvalue weighted by atomic mass is 79.9. The van der Waals surface area contributed by atoms with Crippen molar-refractivity contribution in [2.45, 2.75) is 19.3 Å². The van der Waals surface area contributed by atoms with Gasteiger partial charge in [0.15, 0.2) is 5.82 Å². The minimum absolute atomic E-state index is 0.241. The number of likely N-dealkylation sites (tertiary alicyclic amines) is 1. The van der Waals surface area contributed by atoms with E-state index in [9.17, 15) is 9.59 Å². The van der Waals surface area contributed by atoms with E-state index in [1.165, 1.54) is 12.8 Å². The number of aromatic amines is 1. The van der Waals surface area contributed by atoms with Crippen LogP contribution < -0.4 is 10.6 Å². The van der Waals surface area contributed by atoms with Gasteiger partial charge in [0.05, 0.1) is 15.1 Å². The summed E-state index contributed by atoms with van der Waals surface area (Å²) in [7, 11) is 2.13. The fourth-order valence-electron chi connectivity index (χ4n) is 3.21. The summed E-state index contributed by atoms with van der Waals surface area (Å²) in [4.78, 5) is 27.1. The van der Waals surface area contributed by atoms with Crippen molar-refractivity contribution in [1.29, 1.82) is 0 Å². The summed E-state index contributed by atoms with van der Waals surface area (Å²) in [6.07, 6.45) is 3.29. The normalized spacial score (nSPS) is 15.4. The monoisotopic (exact) mass is 467 g/mol. The predicted octanol–water partition coefficient (Wildman–Crippen LogP) is 3.54. The summed E-state index contributed by atoms with van der Waals surface area (Å²) >= 11 is 9.38. The highest BCUT2D eigenvalue weighted by Gasteiger charge is 2.21. The smallest absolute Gasteiger partial charge is 0.270 e. The molecule has 9 heteroatoms. The van der Waals surface area contributed by atoms with E-state index in [-0.39, 0.29) is 17.4 Å². The Labute approximate surface area is 177 Å². The number of H-pyrrole nitrogens is 1. The summed E-state index contributed by atoms with van der Waals surface area (Å²) in [5.74, 6) is 0.232. The highest BCUT2D eigenvalue weighted by molar-refractivity contribution is 9.10. The van der Waals surface area contributed by atoms with E-state index in [1.54, 1.807) is 24.3 Å². The van der Waals surface area contributed by atoms with E-state index in [2.05, 4.69) is 48.7 Å². The molecular weight excluding hydrogens is 446 g/mol. The zero-order valence-corrected chi connectivity index (χ0v) is 17.9. The summed E-state index contributed by atoms with van der Waals surface area (Å²) in [6, 6.07) is 6.73. The quantitative estimate of drug-likeness (QED) is 0.605. The van der Waals surface area contributed by atoms with E-state index in [0.717, 1.165) is 19.5 Å². The minimum atomic E-state index is -0.396. The third-order valence-corrected chi connectivity index (χ3v) is 6.06. The molecule has 0 spiro atoms. The molecule has 1 aliphatic rings. The number of halogens is 2. The number of benzene rings is 1. The zero-order valence-electron chi connectivity index (χ0n) is 15.6. The molecule has 3 rings (SSSR count). The second kappa shape index (κ2) is 9.54. The largest absolute Gasteiger partial charge is 0.351 e. The van der Waals surface area contributed by atoms with Crippen LogP contribution in [0.4, 0.5) is 5.82 Å². The van der Waals surface area contributed by atoms with Crippen LogP contribution in [0.15, 0.2) is 28.7 Å². The lowest BCUT2D eigenvalue weighted by atomic mass is 9.94. The van der Waals surface area contributed by atoms with Crippen molar-refractivity contribution in [1.82, 2.24) is 20.4 Å². The van der Waals surface area contributed by atoms with Crippen molar-refractivity contribution in [3.05, 3.63) is 45.0 Å². The molecule has 2 amide bonds. The molecule has 0 aliphatic carbocycles. The van der Waals surface area contributed by atoms with Crippen LogP contribution >= 0.6 is 27.5 Å². The van der Waals surface area contributed by atoms with Crippen molar-refractivity contribution in [2.75, 3.05) is 32.0 Å². The van der Waals surface area contributed by atoms with Gasteiger partial charge < -0.3 is 15.5 Å². The maximum atomic E-state index is 12.4. The molecule has 150 valence electrons. The van der Waals surface area contributed by atoms with Gasteiger partial charge in [0.2, 0.25) is 0 Å². The first-order chi connectivity index (χ1) is 13.5. The number of carbonyl (C=O) groups is 2. The first-order valence-electron chi connectivity index (χ1n) is 9.22. The van der Waals surface area contributed by atoms with Crippen molar-refractivity contribution in [2.24, 2.45) is 5.92 Å². The highest BCUT2D eigenvalue weighted by Crippen LogP contribution is 2.25. The van der Waals surface area contributed by atoms with Gasteiger partial charge in [0.25, 0.3) is 11.8 Å². The van der Waals surface area contributed by atoms with Crippen LogP contribution in [-0.4, -0.2) is 53.6 Å². The molecule has 1 aromatic carbocycles. The topological polar surface area (TPSA) is 90.1 Å². The Bertz CT molecular complexity index is 849. The number of aromatic nitrogens is 2. The Morgan fingerprint density at radius 3 is 2.71 bits per heavy atom. The van der Waals surface area contributed by atoms with Crippen molar-refractivity contribution < 1.29 is 9.59 Å². The van der Waals surface area contributed by atoms with Gasteiger partial charge in [-0.3, -0.25) is 14.7 Å². The average molecular weight is 469 g/mol. The molecule has 1 saturated heterocycles. The molecular formula is C19H23BrClN5O2. The standard InChI is InChI=1S/C19H23BrClN5O2/c1-26-10-7-12(8-11-26)6-9-22-19(28)16-15(20)17(25-24-16)23-18(27)13-4-2-3-5-14(13)21/h2-5,12H,6-11H2,1H3,(H,22,28)(H2,23,24,25,27). The summed E-state index contributed by atoms with van der Waals surface area (Å²) < 4.78 is 0.407. The second-order valence-corrected chi connectivity index (χ2v) is 8.19. The summed E-state index contributed by atoms with van der Waals surface area (Å²) in [6.45, 7) is 2.83. The van der Waals surface area contributed by atoms with Crippen molar-refractivity contribution >= 4 is 45.2 Å². The molecule has 7 nitrogen and oxygen atoms in total. The zero-order chi connectivity index (χ0) is 20.1. The average Bonchev–Trinajstić information content (AvgIpc) is 3.04. The maximum Gasteiger partial charge on any atom is 0.270 e. The third kappa shape index (κ3) is 5.12. The molecule has 0 atom stereocenters.